The molecule has 0 bridgehead atoms. The van der Waals surface area contributed by atoms with Crippen molar-refractivity contribution in [3.8, 4) is 0 Å². The summed E-state index contributed by atoms with van der Waals surface area (Å²) in [5, 5.41) is 0.752. The molecule has 2 unspecified atom stereocenters. The number of halogens is 2. The van der Waals surface area contributed by atoms with Gasteiger partial charge in [-0.05, 0) is 115 Å². The predicted octanol–water partition coefficient (Wildman–Crippen LogP) is 5.95. The molecule has 2 aromatic carbocycles. The molecule has 34 heavy (non-hydrogen) atoms. The molecule has 0 N–H and O–H groups in total. The molecular formula is C28H31ClINO3. The van der Waals surface area contributed by atoms with Crippen molar-refractivity contribution in [2.45, 2.75) is 62.8 Å². The number of carbonyl (C=O) groups excluding carboxylic acids is 2. The fourth-order valence-electron chi connectivity index (χ4n) is 6.74. The minimum absolute atomic E-state index is 0.0188. The number of likely N-dealkylation sites (tertiary alicyclic amines) is 1. The molecule has 1 saturated heterocycles. The summed E-state index contributed by atoms with van der Waals surface area (Å²) in [7, 11) is 1.45. The number of ether oxygens (including phenoxy) is 1. The van der Waals surface area contributed by atoms with Gasteiger partial charge in [0.2, 0.25) is 5.91 Å². The zero-order valence-corrected chi connectivity index (χ0v) is 22.5. The van der Waals surface area contributed by atoms with E-state index >= 15 is 0 Å². The number of nitrogens with zero attached hydrogens (tertiary/aromatic N) is 1. The van der Waals surface area contributed by atoms with Crippen molar-refractivity contribution in [1.29, 1.82) is 0 Å². The number of hydrogen-bond acceptors (Lipinski definition) is 3. The number of rotatable bonds is 4. The zero-order chi connectivity index (χ0) is 23.9. The Hall–Kier alpha value is -1.60. The van der Waals surface area contributed by atoms with Gasteiger partial charge in [0.1, 0.15) is 0 Å². The number of esters is 1. The largest absolute Gasteiger partial charge is 0.469 e. The van der Waals surface area contributed by atoms with Crippen molar-refractivity contribution in [2.75, 3.05) is 13.7 Å². The van der Waals surface area contributed by atoms with E-state index in [1.54, 1.807) is 0 Å². The maximum Gasteiger partial charge on any atom is 0.308 e. The van der Waals surface area contributed by atoms with Gasteiger partial charge in [0.05, 0.1) is 13.0 Å². The van der Waals surface area contributed by atoms with E-state index in [-0.39, 0.29) is 29.3 Å². The Morgan fingerprint density at radius 3 is 2.47 bits per heavy atom. The molecular weight excluding hydrogens is 561 g/mol. The molecule has 1 amide bonds. The lowest BCUT2D eigenvalue weighted by Crippen LogP contribution is -2.50. The van der Waals surface area contributed by atoms with Gasteiger partial charge >= 0.3 is 5.97 Å². The van der Waals surface area contributed by atoms with Crippen molar-refractivity contribution >= 4 is 46.1 Å². The van der Waals surface area contributed by atoms with Crippen LogP contribution in [0.4, 0.5) is 0 Å². The number of carbonyl (C=O) groups is 2. The van der Waals surface area contributed by atoms with E-state index in [4.69, 9.17) is 16.3 Å². The van der Waals surface area contributed by atoms with Gasteiger partial charge in [0, 0.05) is 32.5 Å². The lowest BCUT2D eigenvalue weighted by Gasteiger charge is -2.44. The second-order valence-electron chi connectivity index (χ2n) is 10.2. The molecule has 1 saturated carbocycles. The van der Waals surface area contributed by atoms with Crippen LogP contribution in [0.2, 0.25) is 5.02 Å². The summed E-state index contributed by atoms with van der Waals surface area (Å²) < 4.78 is 6.20. The summed E-state index contributed by atoms with van der Waals surface area (Å²) in [4.78, 5) is 27.9. The van der Waals surface area contributed by atoms with Crippen molar-refractivity contribution in [3.05, 3.63) is 67.7 Å². The number of fused-ring (bicyclic) bond motifs is 3. The van der Waals surface area contributed by atoms with Crippen LogP contribution in [0, 0.1) is 15.4 Å². The summed E-state index contributed by atoms with van der Waals surface area (Å²) >= 11 is 8.57. The molecule has 2 atom stereocenters. The molecule has 1 aliphatic heterocycles. The monoisotopic (exact) mass is 591 g/mol. The smallest absolute Gasteiger partial charge is 0.308 e. The first-order valence-electron chi connectivity index (χ1n) is 12.3. The molecule has 3 aliphatic rings. The third-order valence-electron chi connectivity index (χ3n) is 8.43. The van der Waals surface area contributed by atoms with E-state index in [1.807, 2.05) is 12.1 Å². The lowest BCUT2D eigenvalue weighted by atomic mass is 9.64. The minimum Gasteiger partial charge on any atom is -0.469 e. The van der Waals surface area contributed by atoms with E-state index in [0.29, 0.717) is 5.91 Å². The molecule has 2 aliphatic carbocycles. The van der Waals surface area contributed by atoms with Gasteiger partial charge in [-0.1, -0.05) is 29.8 Å². The van der Waals surface area contributed by atoms with E-state index in [9.17, 15) is 9.59 Å². The van der Waals surface area contributed by atoms with Gasteiger partial charge in [-0.15, -0.1) is 0 Å². The molecule has 2 aromatic rings. The Bertz CT molecular complexity index is 1080. The maximum atomic E-state index is 13.8. The van der Waals surface area contributed by atoms with Crippen molar-refractivity contribution in [3.63, 3.8) is 0 Å². The van der Waals surface area contributed by atoms with Crippen LogP contribution in [0.5, 0.6) is 0 Å². The van der Waals surface area contributed by atoms with E-state index < -0.39 is 0 Å². The van der Waals surface area contributed by atoms with Crippen LogP contribution in [-0.4, -0.2) is 36.5 Å². The number of benzene rings is 2. The molecule has 5 rings (SSSR count). The number of amides is 1. The standard InChI is InChI=1S/C28H31ClINO3/c1-34-27(33)20-6-4-19(5-7-20)26(32)31-15-14-28(17-18-2-9-22(29)10-3-18)24-12-11-23(30)16-21(24)8-13-25(28)31/h2-3,9-12,16,19-20,25H,4-8,13-15,17H2,1H3. The van der Waals surface area contributed by atoms with Gasteiger partial charge in [-0.25, -0.2) is 0 Å². The summed E-state index contributed by atoms with van der Waals surface area (Å²) in [6.45, 7) is 0.805. The minimum atomic E-state index is -0.132. The predicted molar refractivity (Wildman–Crippen MR) is 142 cm³/mol. The first-order chi connectivity index (χ1) is 16.4. The average molecular weight is 592 g/mol. The second-order valence-corrected chi connectivity index (χ2v) is 11.9. The van der Waals surface area contributed by atoms with Gasteiger partial charge in [-0.2, -0.15) is 0 Å². The van der Waals surface area contributed by atoms with Crippen LogP contribution in [-0.2, 0) is 32.6 Å². The molecule has 0 spiro atoms. The van der Waals surface area contributed by atoms with Crippen LogP contribution < -0.4 is 0 Å². The summed E-state index contributed by atoms with van der Waals surface area (Å²) in [6, 6.07) is 15.3. The fourth-order valence-corrected chi connectivity index (χ4v) is 7.42. The highest BCUT2D eigenvalue weighted by Gasteiger charge is 2.53. The lowest BCUT2D eigenvalue weighted by molar-refractivity contribution is -0.149. The first-order valence-corrected chi connectivity index (χ1v) is 13.8. The zero-order valence-electron chi connectivity index (χ0n) is 19.6. The van der Waals surface area contributed by atoms with Gasteiger partial charge in [-0.3, -0.25) is 9.59 Å². The Kier molecular flexibility index (Phi) is 6.95. The highest BCUT2D eigenvalue weighted by Crippen LogP contribution is 2.50. The molecule has 1 heterocycles. The average Bonchev–Trinajstić information content (AvgIpc) is 3.23. The Morgan fingerprint density at radius 2 is 1.76 bits per heavy atom. The quantitative estimate of drug-likeness (QED) is 0.326. The molecule has 6 heteroatoms. The van der Waals surface area contributed by atoms with Crippen LogP contribution in [0.3, 0.4) is 0 Å². The summed E-state index contributed by atoms with van der Waals surface area (Å²) in [5.74, 6) is 0.124. The van der Waals surface area contributed by atoms with E-state index in [2.05, 4.69) is 57.8 Å². The Balaban J connectivity index is 1.42. The van der Waals surface area contributed by atoms with E-state index in [1.165, 1.54) is 27.4 Å². The van der Waals surface area contributed by atoms with Crippen LogP contribution >= 0.6 is 34.2 Å². The van der Waals surface area contributed by atoms with Crippen molar-refractivity contribution < 1.29 is 14.3 Å². The van der Waals surface area contributed by atoms with E-state index in [0.717, 1.165) is 62.9 Å². The Morgan fingerprint density at radius 1 is 1.06 bits per heavy atom. The molecule has 0 aromatic heterocycles. The molecule has 2 fully saturated rings. The molecule has 4 nitrogen and oxygen atoms in total. The third kappa shape index (κ3) is 4.39. The molecule has 0 radical (unpaired) electrons. The molecule has 180 valence electrons. The number of hydrogen-bond donors (Lipinski definition) is 0. The number of methoxy groups -OCH3 is 1. The Labute approximate surface area is 220 Å². The second kappa shape index (κ2) is 9.81. The summed E-state index contributed by atoms with van der Waals surface area (Å²) in [6.07, 6.45) is 6.97. The highest BCUT2D eigenvalue weighted by molar-refractivity contribution is 14.1. The van der Waals surface area contributed by atoms with Gasteiger partial charge in [0.25, 0.3) is 0 Å². The van der Waals surface area contributed by atoms with Crippen LogP contribution in [0.15, 0.2) is 42.5 Å². The first kappa shape index (κ1) is 24.1. The highest BCUT2D eigenvalue weighted by atomic mass is 127. The van der Waals surface area contributed by atoms with Crippen molar-refractivity contribution in [1.82, 2.24) is 4.90 Å². The van der Waals surface area contributed by atoms with Crippen LogP contribution in [0.25, 0.3) is 0 Å². The van der Waals surface area contributed by atoms with Gasteiger partial charge < -0.3 is 9.64 Å². The number of aryl methyl sites for hydroxylation is 1. The van der Waals surface area contributed by atoms with Crippen molar-refractivity contribution in [2.24, 2.45) is 11.8 Å². The normalized spacial score (nSPS) is 28.2. The fraction of sp³-hybridized carbons (Fsp3) is 0.500. The van der Waals surface area contributed by atoms with Crippen LogP contribution in [0.1, 0.15) is 55.2 Å². The summed E-state index contributed by atoms with van der Waals surface area (Å²) in [5.41, 5.74) is 4.06. The van der Waals surface area contributed by atoms with Gasteiger partial charge in [0.15, 0.2) is 0 Å². The third-order valence-corrected chi connectivity index (χ3v) is 9.35. The maximum absolute atomic E-state index is 13.8. The SMILES string of the molecule is COC(=O)C1CCC(C(=O)N2CCC3(Cc4ccc(Cl)cc4)c4ccc(I)cc4CCC23)CC1. The topological polar surface area (TPSA) is 46.6 Å².